The van der Waals surface area contributed by atoms with Gasteiger partial charge in [0.1, 0.15) is 6.04 Å². The van der Waals surface area contributed by atoms with Crippen LogP contribution in [0.4, 0.5) is 0 Å². The minimum Gasteiger partial charge on any atom is -0.335 e. The number of imide groups is 1. The number of amides is 3. The highest BCUT2D eigenvalue weighted by molar-refractivity contribution is 6.09. The fourth-order valence-electron chi connectivity index (χ4n) is 4.05. The Hall–Kier alpha value is -4.07. The predicted octanol–water partition coefficient (Wildman–Crippen LogP) is 2.07. The lowest BCUT2D eigenvalue weighted by atomic mass is 10.0. The average Bonchev–Trinajstić information content (AvgIpc) is 3.39. The van der Waals surface area contributed by atoms with Gasteiger partial charge in [-0.3, -0.25) is 24.5 Å². The Balaban J connectivity index is 1.38. The van der Waals surface area contributed by atoms with E-state index in [4.69, 9.17) is 0 Å². The number of fused-ring (bicyclic) bond motifs is 1. The number of benzene rings is 2. The van der Waals surface area contributed by atoms with E-state index in [2.05, 4.69) is 15.3 Å². The van der Waals surface area contributed by atoms with Crippen LogP contribution in [0.15, 0.2) is 54.7 Å². The molecule has 3 heterocycles. The van der Waals surface area contributed by atoms with Crippen molar-refractivity contribution in [1.82, 2.24) is 20.2 Å². The summed E-state index contributed by atoms with van der Waals surface area (Å²) in [5.74, 6) is -1.13. The molecule has 1 atom stereocenters. The summed E-state index contributed by atoms with van der Waals surface area (Å²) in [5, 5.41) is 2.28. The third-order valence-corrected chi connectivity index (χ3v) is 5.66. The summed E-state index contributed by atoms with van der Waals surface area (Å²) < 4.78 is 0. The molecule has 1 unspecified atom stereocenters. The molecule has 0 saturated carbocycles. The normalized spacial score (nSPS) is 18.1. The van der Waals surface area contributed by atoms with E-state index in [0.717, 1.165) is 11.3 Å². The van der Waals surface area contributed by atoms with E-state index in [1.54, 1.807) is 24.4 Å². The monoisotopic (exact) mass is 414 g/mol. The van der Waals surface area contributed by atoms with Crippen molar-refractivity contribution < 1.29 is 19.2 Å². The lowest BCUT2D eigenvalue weighted by Gasteiger charge is -2.29. The number of ketones is 1. The number of piperidine rings is 1. The zero-order valence-electron chi connectivity index (χ0n) is 16.4. The number of carbonyl (C=O) groups is 4. The SMILES string of the molecule is O=C1CCC(N2Cc3cc(C(=O)c4ncc(-c5ccccc5)[nH]4)ccc3C2=O)C(=O)N1. The van der Waals surface area contributed by atoms with Gasteiger partial charge in [-0.1, -0.05) is 36.4 Å². The van der Waals surface area contributed by atoms with Gasteiger partial charge in [-0.2, -0.15) is 0 Å². The molecule has 0 aliphatic carbocycles. The van der Waals surface area contributed by atoms with Crippen LogP contribution in [0.1, 0.15) is 44.9 Å². The van der Waals surface area contributed by atoms with Gasteiger partial charge >= 0.3 is 0 Å². The minimum atomic E-state index is -0.685. The molecule has 8 nitrogen and oxygen atoms in total. The second kappa shape index (κ2) is 7.32. The first-order valence-corrected chi connectivity index (χ1v) is 9.94. The highest BCUT2D eigenvalue weighted by Gasteiger charge is 2.39. The largest absolute Gasteiger partial charge is 0.335 e. The topological polar surface area (TPSA) is 112 Å². The quantitative estimate of drug-likeness (QED) is 0.501. The maximum Gasteiger partial charge on any atom is 0.255 e. The first-order chi connectivity index (χ1) is 15.0. The summed E-state index contributed by atoms with van der Waals surface area (Å²) in [7, 11) is 0. The Morgan fingerprint density at radius 1 is 1.06 bits per heavy atom. The number of carbonyl (C=O) groups excluding carboxylic acids is 4. The Morgan fingerprint density at radius 2 is 1.87 bits per heavy atom. The van der Waals surface area contributed by atoms with E-state index in [9.17, 15) is 19.2 Å². The van der Waals surface area contributed by atoms with Crippen LogP contribution in [-0.4, -0.2) is 44.4 Å². The first kappa shape index (κ1) is 18.9. The summed E-state index contributed by atoms with van der Waals surface area (Å²) in [4.78, 5) is 58.0. The molecule has 1 saturated heterocycles. The van der Waals surface area contributed by atoms with Gasteiger partial charge in [0.2, 0.25) is 17.6 Å². The van der Waals surface area contributed by atoms with Crippen LogP contribution >= 0.6 is 0 Å². The number of hydrogen-bond donors (Lipinski definition) is 2. The van der Waals surface area contributed by atoms with Gasteiger partial charge < -0.3 is 9.88 Å². The highest BCUT2D eigenvalue weighted by atomic mass is 16.2. The van der Waals surface area contributed by atoms with E-state index in [1.807, 2.05) is 30.3 Å². The number of aromatic nitrogens is 2. The molecule has 154 valence electrons. The standard InChI is InChI=1S/C23H18N4O4/c28-19-9-8-18(22(30)26-19)27-12-15-10-14(6-7-16(15)23(27)31)20(29)21-24-11-17(25-21)13-4-2-1-3-5-13/h1-7,10-11,18H,8-9,12H2,(H,24,25)(H,26,28,30). The Bertz CT molecular complexity index is 1230. The third-order valence-electron chi connectivity index (χ3n) is 5.66. The molecule has 2 aliphatic rings. The lowest BCUT2D eigenvalue weighted by molar-refractivity contribution is -0.136. The molecule has 0 spiro atoms. The molecule has 2 aliphatic heterocycles. The summed E-state index contributed by atoms with van der Waals surface area (Å²) in [5.41, 5.74) is 3.21. The van der Waals surface area contributed by atoms with E-state index >= 15 is 0 Å². The predicted molar refractivity (Wildman–Crippen MR) is 110 cm³/mol. The van der Waals surface area contributed by atoms with Crippen LogP contribution in [0.5, 0.6) is 0 Å². The molecule has 0 radical (unpaired) electrons. The third kappa shape index (κ3) is 3.31. The average molecular weight is 414 g/mol. The zero-order chi connectivity index (χ0) is 21.5. The summed E-state index contributed by atoms with van der Waals surface area (Å²) in [6.45, 7) is 0.217. The van der Waals surface area contributed by atoms with Crippen molar-refractivity contribution in [1.29, 1.82) is 0 Å². The smallest absolute Gasteiger partial charge is 0.255 e. The number of aromatic amines is 1. The molecule has 31 heavy (non-hydrogen) atoms. The van der Waals surface area contributed by atoms with Gasteiger partial charge in [-0.15, -0.1) is 0 Å². The van der Waals surface area contributed by atoms with Crippen LogP contribution in [0.25, 0.3) is 11.3 Å². The second-order valence-electron chi connectivity index (χ2n) is 7.61. The van der Waals surface area contributed by atoms with Crippen LogP contribution in [0.2, 0.25) is 0 Å². The van der Waals surface area contributed by atoms with Crippen molar-refractivity contribution in [3.63, 3.8) is 0 Å². The van der Waals surface area contributed by atoms with E-state index in [-0.39, 0.29) is 36.4 Å². The van der Waals surface area contributed by atoms with Crippen LogP contribution in [0, 0.1) is 0 Å². The van der Waals surface area contributed by atoms with E-state index in [1.165, 1.54) is 4.90 Å². The molecule has 1 fully saturated rings. The Kier molecular flexibility index (Phi) is 4.47. The molecular weight excluding hydrogens is 396 g/mol. The number of nitrogens with zero attached hydrogens (tertiary/aromatic N) is 2. The number of H-pyrrole nitrogens is 1. The van der Waals surface area contributed by atoms with Crippen molar-refractivity contribution in [3.8, 4) is 11.3 Å². The molecule has 5 rings (SSSR count). The van der Waals surface area contributed by atoms with Crippen molar-refractivity contribution in [2.75, 3.05) is 0 Å². The Labute approximate surface area is 177 Å². The molecule has 2 aromatic carbocycles. The fourth-order valence-corrected chi connectivity index (χ4v) is 4.05. The molecule has 3 aromatic rings. The van der Waals surface area contributed by atoms with Gasteiger partial charge in [0.25, 0.3) is 5.91 Å². The van der Waals surface area contributed by atoms with Gasteiger partial charge in [-0.25, -0.2) is 4.98 Å². The van der Waals surface area contributed by atoms with Gasteiger partial charge in [0.15, 0.2) is 5.82 Å². The van der Waals surface area contributed by atoms with Crippen molar-refractivity contribution >= 4 is 23.5 Å². The first-order valence-electron chi connectivity index (χ1n) is 9.94. The minimum absolute atomic E-state index is 0.197. The number of nitrogens with one attached hydrogen (secondary N) is 2. The van der Waals surface area contributed by atoms with Gasteiger partial charge in [0.05, 0.1) is 11.9 Å². The maximum atomic E-state index is 12.9. The number of hydrogen-bond acceptors (Lipinski definition) is 5. The Morgan fingerprint density at radius 3 is 2.65 bits per heavy atom. The fraction of sp³-hybridized carbons (Fsp3) is 0.174. The summed E-state index contributed by atoms with van der Waals surface area (Å²) >= 11 is 0. The molecule has 0 bridgehead atoms. The molecular formula is C23H18N4O4. The molecule has 2 N–H and O–H groups in total. The number of rotatable bonds is 4. The maximum absolute atomic E-state index is 12.9. The lowest BCUT2D eigenvalue weighted by Crippen LogP contribution is -2.52. The second-order valence-corrected chi connectivity index (χ2v) is 7.61. The molecule has 8 heteroatoms. The van der Waals surface area contributed by atoms with Gasteiger partial charge in [0, 0.05) is 24.1 Å². The van der Waals surface area contributed by atoms with E-state index < -0.39 is 11.9 Å². The van der Waals surface area contributed by atoms with Crippen molar-refractivity contribution in [2.24, 2.45) is 0 Å². The van der Waals surface area contributed by atoms with Crippen molar-refractivity contribution in [2.45, 2.75) is 25.4 Å². The van der Waals surface area contributed by atoms with Gasteiger partial charge in [-0.05, 0) is 29.7 Å². The van der Waals surface area contributed by atoms with Crippen LogP contribution in [0.3, 0.4) is 0 Å². The van der Waals surface area contributed by atoms with Crippen molar-refractivity contribution in [3.05, 3.63) is 77.2 Å². The van der Waals surface area contributed by atoms with Crippen LogP contribution < -0.4 is 5.32 Å². The van der Waals surface area contributed by atoms with E-state index in [0.29, 0.717) is 23.1 Å². The molecule has 3 amide bonds. The summed E-state index contributed by atoms with van der Waals surface area (Å²) in [6.07, 6.45) is 2.11. The highest BCUT2D eigenvalue weighted by Crippen LogP contribution is 2.29. The van der Waals surface area contributed by atoms with Crippen LogP contribution in [-0.2, 0) is 16.1 Å². The number of imidazole rings is 1. The summed E-state index contributed by atoms with van der Waals surface area (Å²) in [6, 6.07) is 13.8. The zero-order valence-corrected chi connectivity index (χ0v) is 16.4. The molecule has 1 aromatic heterocycles.